The van der Waals surface area contributed by atoms with E-state index in [2.05, 4.69) is 10.6 Å². The number of amides is 3. The van der Waals surface area contributed by atoms with Crippen molar-refractivity contribution in [1.29, 1.82) is 0 Å². The number of hydrogen-bond donors (Lipinski definition) is 3. The van der Waals surface area contributed by atoms with E-state index in [0.717, 1.165) is 0 Å². The van der Waals surface area contributed by atoms with E-state index in [1.165, 1.54) is 6.92 Å². The standard InChI is InChI=1S/C13H23N3O4/c1-4-8(2)11(12(18)19)15-13(20)16-6-5-10(7-16)14-9(3)17/h8,10-11H,4-7H2,1-3H3,(H,14,17)(H,15,20)(H,18,19). The molecule has 1 aliphatic rings. The van der Waals surface area contributed by atoms with Crippen LogP contribution in [0, 0.1) is 5.92 Å². The maximum atomic E-state index is 12.1. The number of carboxylic acids is 1. The average Bonchev–Trinajstić information content (AvgIpc) is 2.82. The minimum atomic E-state index is -1.02. The molecule has 0 aliphatic carbocycles. The molecule has 1 rings (SSSR count). The second kappa shape index (κ2) is 7.12. The lowest BCUT2D eigenvalue weighted by atomic mass is 9.99. The molecule has 3 amide bonds. The Hall–Kier alpha value is -1.79. The maximum Gasteiger partial charge on any atom is 0.326 e. The molecule has 7 heteroatoms. The Morgan fingerprint density at radius 3 is 2.55 bits per heavy atom. The molecule has 114 valence electrons. The second-order valence-electron chi connectivity index (χ2n) is 5.28. The summed E-state index contributed by atoms with van der Waals surface area (Å²) < 4.78 is 0. The van der Waals surface area contributed by atoms with Crippen molar-refractivity contribution in [3.8, 4) is 0 Å². The zero-order chi connectivity index (χ0) is 15.3. The number of rotatable bonds is 5. The lowest BCUT2D eigenvalue weighted by Crippen LogP contribution is -2.50. The van der Waals surface area contributed by atoms with Gasteiger partial charge in [-0.3, -0.25) is 4.79 Å². The molecule has 7 nitrogen and oxygen atoms in total. The summed E-state index contributed by atoms with van der Waals surface area (Å²) >= 11 is 0. The third kappa shape index (κ3) is 4.40. The van der Waals surface area contributed by atoms with Gasteiger partial charge in [0.1, 0.15) is 6.04 Å². The number of hydrogen-bond acceptors (Lipinski definition) is 3. The zero-order valence-corrected chi connectivity index (χ0v) is 12.2. The van der Waals surface area contributed by atoms with E-state index in [9.17, 15) is 14.4 Å². The monoisotopic (exact) mass is 285 g/mol. The summed E-state index contributed by atoms with van der Waals surface area (Å²) in [4.78, 5) is 35.7. The van der Waals surface area contributed by atoms with Crippen molar-refractivity contribution in [3.63, 3.8) is 0 Å². The van der Waals surface area contributed by atoms with Crippen molar-refractivity contribution in [1.82, 2.24) is 15.5 Å². The van der Waals surface area contributed by atoms with Crippen molar-refractivity contribution in [2.45, 2.75) is 45.7 Å². The number of carboxylic acid groups (broad SMARTS) is 1. The van der Waals surface area contributed by atoms with E-state index in [1.54, 1.807) is 11.8 Å². The molecule has 0 bridgehead atoms. The van der Waals surface area contributed by atoms with Crippen molar-refractivity contribution < 1.29 is 19.5 Å². The Kier molecular flexibility index (Phi) is 5.79. The number of carbonyl (C=O) groups is 3. The number of nitrogens with one attached hydrogen (secondary N) is 2. The molecule has 1 heterocycles. The molecule has 1 fully saturated rings. The molecular weight excluding hydrogens is 262 g/mol. The Morgan fingerprint density at radius 2 is 2.05 bits per heavy atom. The van der Waals surface area contributed by atoms with Crippen LogP contribution in [-0.4, -0.2) is 53.1 Å². The van der Waals surface area contributed by atoms with Crippen molar-refractivity contribution in [2.24, 2.45) is 5.92 Å². The third-order valence-corrected chi connectivity index (χ3v) is 3.64. The highest BCUT2D eigenvalue weighted by molar-refractivity contribution is 5.83. The minimum absolute atomic E-state index is 0.0508. The number of urea groups is 1. The summed E-state index contributed by atoms with van der Waals surface area (Å²) in [6.07, 6.45) is 1.36. The van der Waals surface area contributed by atoms with Crippen molar-refractivity contribution >= 4 is 17.9 Å². The minimum Gasteiger partial charge on any atom is -0.480 e. The fraction of sp³-hybridized carbons (Fsp3) is 0.769. The molecule has 0 aromatic rings. The van der Waals surface area contributed by atoms with Crippen LogP contribution in [0.15, 0.2) is 0 Å². The van der Waals surface area contributed by atoms with Crippen molar-refractivity contribution in [2.75, 3.05) is 13.1 Å². The summed E-state index contributed by atoms with van der Waals surface area (Å²) in [5.41, 5.74) is 0. The smallest absolute Gasteiger partial charge is 0.326 e. The second-order valence-corrected chi connectivity index (χ2v) is 5.28. The van der Waals surface area contributed by atoms with Crippen LogP contribution in [0.1, 0.15) is 33.6 Å². The van der Waals surface area contributed by atoms with E-state index >= 15 is 0 Å². The largest absolute Gasteiger partial charge is 0.480 e. The van der Waals surface area contributed by atoms with Crippen LogP contribution in [0.4, 0.5) is 4.79 Å². The maximum absolute atomic E-state index is 12.1. The molecule has 3 unspecified atom stereocenters. The summed E-state index contributed by atoms with van der Waals surface area (Å²) in [5.74, 6) is -1.28. The molecule has 20 heavy (non-hydrogen) atoms. The van der Waals surface area contributed by atoms with Gasteiger partial charge in [-0.05, 0) is 12.3 Å². The van der Waals surface area contributed by atoms with Gasteiger partial charge in [0.15, 0.2) is 0 Å². The molecule has 0 aromatic heterocycles. The Labute approximate surface area is 118 Å². The van der Waals surface area contributed by atoms with Crippen LogP contribution in [0.25, 0.3) is 0 Å². The van der Waals surface area contributed by atoms with Crippen LogP contribution in [0.3, 0.4) is 0 Å². The summed E-state index contributed by atoms with van der Waals surface area (Å²) in [7, 11) is 0. The van der Waals surface area contributed by atoms with Gasteiger partial charge in [-0.15, -0.1) is 0 Å². The van der Waals surface area contributed by atoms with Gasteiger partial charge in [-0.2, -0.15) is 0 Å². The topological polar surface area (TPSA) is 98.7 Å². The van der Waals surface area contributed by atoms with Gasteiger partial charge in [-0.1, -0.05) is 20.3 Å². The van der Waals surface area contributed by atoms with Crippen LogP contribution in [0.2, 0.25) is 0 Å². The van der Waals surface area contributed by atoms with E-state index in [4.69, 9.17) is 5.11 Å². The van der Waals surface area contributed by atoms with Crippen LogP contribution >= 0.6 is 0 Å². The number of nitrogens with zero attached hydrogens (tertiary/aromatic N) is 1. The van der Waals surface area contributed by atoms with Crippen LogP contribution in [-0.2, 0) is 9.59 Å². The van der Waals surface area contributed by atoms with Gasteiger partial charge < -0.3 is 20.6 Å². The Balaban J connectivity index is 2.54. The first-order valence-electron chi connectivity index (χ1n) is 6.90. The molecule has 0 saturated carbocycles. The number of carbonyl (C=O) groups excluding carboxylic acids is 2. The first-order chi connectivity index (χ1) is 9.35. The first kappa shape index (κ1) is 16.3. The predicted molar refractivity (Wildman–Crippen MR) is 73.2 cm³/mol. The lowest BCUT2D eigenvalue weighted by molar-refractivity contribution is -0.140. The van der Waals surface area contributed by atoms with Gasteiger partial charge >= 0.3 is 12.0 Å². The molecule has 3 atom stereocenters. The van der Waals surface area contributed by atoms with Gasteiger partial charge in [-0.25, -0.2) is 9.59 Å². The van der Waals surface area contributed by atoms with Gasteiger partial charge in [0.05, 0.1) is 0 Å². The van der Waals surface area contributed by atoms with Gasteiger partial charge in [0.2, 0.25) is 5.91 Å². The molecule has 0 aromatic carbocycles. The van der Waals surface area contributed by atoms with E-state index in [1.807, 2.05) is 6.92 Å². The highest BCUT2D eigenvalue weighted by Gasteiger charge is 2.31. The normalized spacial score (nSPS) is 21.1. The highest BCUT2D eigenvalue weighted by Crippen LogP contribution is 2.12. The molecular formula is C13H23N3O4. The van der Waals surface area contributed by atoms with E-state index in [-0.39, 0.29) is 23.9 Å². The quantitative estimate of drug-likeness (QED) is 0.681. The number of aliphatic carboxylic acids is 1. The summed E-state index contributed by atoms with van der Waals surface area (Å²) in [5, 5.41) is 14.5. The predicted octanol–water partition coefficient (Wildman–Crippen LogP) is 0.406. The van der Waals surface area contributed by atoms with E-state index in [0.29, 0.717) is 25.9 Å². The summed E-state index contributed by atoms with van der Waals surface area (Å²) in [6.45, 7) is 6.05. The third-order valence-electron chi connectivity index (χ3n) is 3.64. The molecule has 0 spiro atoms. The average molecular weight is 285 g/mol. The van der Waals surface area contributed by atoms with Crippen molar-refractivity contribution in [3.05, 3.63) is 0 Å². The van der Waals surface area contributed by atoms with Crippen LogP contribution < -0.4 is 10.6 Å². The van der Waals surface area contributed by atoms with Crippen LogP contribution in [0.5, 0.6) is 0 Å². The molecule has 3 N–H and O–H groups in total. The van der Waals surface area contributed by atoms with Gasteiger partial charge in [0, 0.05) is 26.1 Å². The molecule has 1 aliphatic heterocycles. The van der Waals surface area contributed by atoms with E-state index < -0.39 is 12.0 Å². The Morgan fingerprint density at radius 1 is 1.40 bits per heavy atom. The lowest BCUT2D eigenvalue weighted by Gasteiger charge is -2.24. The fourth-order valence-electron chi connectivity index (χ4n) is 2.26. The molecule has 1 saturated heterocycles. The van der Waals surface area contributed by atoms with Gasteiger partial charge in [0.25, 0.3) is 0 Å². The molecule has 0 radical (unpaired) electrons. The Bertz CT molecular complexity index is 386. The first-order valence-corrected chi connectivity index (χ1v) is 6.90. The summed E-state index contributed by atoms with van der Waals surface area (Å²) in [6, 6.07) is -1.32. The fourth-order valence-corrected chi connectivity index (χ4v) is 2.26. The zero-order valence-electron chi connectivity index (χ0n) is 12.2. The highest BCUT2D eigenvalue weighted by atomic mass is 16.4. The number of likely N-dealkylation sites (tertiary alicyclic amines) is 1. The SMILES string of the molecule is CCC(C)C(NC(=O)N1CCC(NC(C)=O)C1)C(=O)O.